The molecule has 104 valence electrons. The molecule has 0 unspecified atom stereocenters. The lowest BCUT2D eigenvalue weighted by Gasteiger charge is -2.07. The fraction of sp³-hybridized carbons (Fsp3) is 0.0625. The zero-order chi connectivity index (χ0) is 14.8. The Bertz CT molecular complexity index is 851. The molecule has 3 rings (SSSR count). The maximum atomic E-state index is 9.35. The van der Waals surface area contributed by atoms with Gasteiger partial charge in [-0.3, -0.25) is 0 Å². The number of pyridine rings is 1. The van der Waals surface area contributed by atoms with Crippen molar-refractivity contribution in [3.05, 3.63) is 69.4 Å². The summed E-state index contributed by atoms with van der Waals surface area (Å²) < 4.78 is 8.49. The number of rotatable bonds is 3. The molecule has 1 aromatic carbocycles. The van der Waals surface area contributed by atoms with Crippen molar-refractivity contribution in [1.82, 2.24) is 4.40 Å². The second-order valence-electron chi connectivity index (χ2n) is 4.50. The van der Waals surface area contributed by atoms with Crippen LogP contribution >= 0.6 is 27.5 Å². The third-order valence-electron chi connectivity index (χ3n) is 3.15. The van der Waals surface area contributed by atoms with Crippen LogP contribution in [0.15, 0.2) is 53.3 Å². The highest BCUT2D eigenvalue weighted by molar-refractivity contribution is 9.10. The topological polar surface area (TPSA) is 37.4 Å². The summed E-state index contributed by atoms with van der Waals surface area (Å²) in [5.41, 5.74) is 2.38. The summed E-state index contributed by atoms with van der Waals surface area (Å²) in [5, 5.41) is 9.99. The lowest BCUT2D eigenvalue weighted by atomic mass is 10.2. The van der Waals surface area contributed by atoms with E-state index < -0.39 is 0 Å². The summed E-state index contributed by atoms with van der Waals surface area (Å²) in [4.78, 5) is 0. The summed E-state index contributed by atoms with van der Waals surface area (Å²) in [6.07, 6.45) is 3.83. The van der Waals surface area contributed by atoms with E-state index in [1.807, 2.05) is 35.0 Å². The third-order valence-corrected chi connectivity index (χ3v) is 4.01. The Balaban J connectivity index is 1.90. The Hall–Kier alpha value is -1.96. The monoisotopic (exact) mass is 360 g/mol. The van der Waals surface area contributed by atoms with E-state index >= 15 is 0 Å². The highest BCUT2D eigenvalue weighted by Gasteiger charge is 2.11. The van der Waals surface area contributed by atoms with E-state index in [0.29, 0.717) is 22.9 Å². The van der Waals surface area contributed by atoms with Gasteiger partial charge in [0.2, 0.25) is 0 Å². The van der Waals surface area contributed by atoms with Crippen molar-refractivity contribution >= 4 is 33.0 Å². The first kappa shape index (κ1) is 14.0. The molecule has 2 heterocycles. The van der Waals surface area contributed by atoms with Crippen molar-refractivity contribution in [2.45, 2.75) is 6.61 Å². The number of nitrogens with zero attached hydrogens (tertiary/aromatic N) is 2. The van der Waals surface area contributed by atoms with Gasteiger partial charge in [-0.25, -0.2) is 0 Å². The first-order valence-electron chi connectivity index (χ1n) is 6.25. The highest BCUT2D eigenvalue weighted by atomic mass is 79.9. The zero-order valence-corrected chi connectivity index (χ0v) is 13.2. The molecule has 0 saturated carbocycles. The molecular weight excluding hydrogens is 352 g/mol. The maximum Gasteiger partial charge on any atom is 0.134 e. The number of hydrogen-bond acceptors (Lipinski definition) is 2. The van der Waals surface area contributed by atoms with E-state index in [1.54, 1.807) is 18.2 Å². The average molecular weight is 362 g/mol. The quantitative estimate of drug-likeness (QED) is 0.671. The van der Waals surface area contributed by atoms with Crippen molar-refractivity contribution in [3.8, 4) is 11.8 Å². The minimum Gasteiger partial charge on any atom is -0.488 e. The smallest absolute Gasteiger partial charge is 0.134 e. The van der Waals surface area contributed by atoms with E-state index in [1.165, 1.54) is 0 Å². The zero-order valence-electron chi connectivity index (χ0n) is 10.9. The normalized spacial score (nSPS) is 10.5. The molecule has 0 amide bonds. The molecule has 0 N–H and O–H groups in total. The van der Waals surface area contributed by atoms with Crippen LogP contribution in [0, 0.1) is 11.3 Å². The molecule has 5 heteroatoms. The third kappa shape index (κ3) is 2.76. The standard InChI is InChI=1S/C16H10BrClN2O/c17-14-7-12(18)4-5-16(14)21-10-11-9-20-6-2-1-3-15(20)13(11)8-19/h1-7,9H,10H2. The van der Waals surface area contributed by atoms with Crippen molar-refractivity contribution in [1.29, 1.82) is 5.26 Å². The van der Waals surface area contributed by atoms with Crippen LogP contribution in [0.4, 0.5) is 0 Å². The SMILES string of the molecule is N#Cc1c(COc2ccc(Cl)cc2Br)cn2ccccc12. The number of fused-ring (bicyclic) bond motifs is 1. The predicted molar refractivity (Wildman–Crippen MR) is 85.6 cm³/mol. The van der Waals surface area contributed by atoms with Gasteiger partial charge in [-0.15, -0.1) is 0 Å². The largest absolute Gasteiger partial charge is 0.488 e. The van der Waals surface area contributed by atoms with Crippen LogP contribution in [-0.4, -0.2) is 4.40 Å². The molecule has 0 radical (unpaired) electrons. The van der Waals surface area contributed by atoms with E-state index in [9.17, 15) is 5.26 Å². The molecule has 0 fully saturated rings. The molecule has 0 aliphatic rings. The summed E-state index contributed by atoms with van der Waals surface area (Å²) in [6.45, 7) is 0.324. The summed E-state index contributed by atoms with van der Waals surface area (Å²) in [5.74, 6) is 0.693. The fourth-order valence-corrected chi connectivity index (χ4v) is 2.96. The first-order chi connectivity index (χ1) is 10.2. The Morgan fingerprint density at radius 3 is 2.90 bits per heavy atom. The lowest BCUT2D eigenvalue weighted by molar-refractivity contribution is 0.304. The molecule has 3 nitrogen and oxygen atoms in total. The molecule has 0 bridgehead atoms. The second-order valence-corrected chi connectivity index (χ2v) is 5.79. The van der Waals surface area contributed by atoms with E-state index in [0.717, 1.165) is 15.6 Å². The average Bonchev–Trinajstić information content (AvgIpc) is 2.83. The van der Waals surface area contributed by atoms with Crippen LogP contribution in [0.3, 0.4) is 0 Å². The van der Waals surface area contributed by atoms with E-state index in [-0.39, 0.29) is 0 Å². The molecule has 0 saturated heterocycles. The van der Waals surface area contributed by atoms with E-state index in [4.69, 9.17) is 16.3 Å². The first-order valence-corrected chi connectivity index (χ1v) is 7.42. The molecule has 0 atom stereocenters. The summed E-state index contributed by atoms with van der Waals surface area (Å²) in [7, 11) is 0. The van der Waals surface area contributed by atoms with Crippen molar-refractivity contribution < 1.29 is 4.74 Å². The Kier molecular flexibility index (Phi) is 3.87. The molecule has 2 aromatic heterocycles. The van der Waals surface area contributed by atoms with Crippen LogP contribution in [0.2, 0.25) is 5.02 Å². The number of hydrogen-bond donors (Lipinski definition) is 0. The molecule has 0 aliphatic carbocycles. The minimum absolute atomic E-state index is 0.324. The summed E-state index contributed by atoms with van der Waals surface area (Å²) >= 11 is 9.31. The molecular formula is C16H10BrClN2O. The van der Waals surface area contributed by atoms with Gasteiger partial charge in [0.15, 0.2) is 0 Å². The van der Waals surface area contributed by atoms with Gasteiger partial charge in [0.1, 0.15) is 18.4 Å². The van der Waals surface area contributed by atoms with Gasteiger partial charge < -0.3 is 9.14 Å². The second kappa shape index (κ2) is 5.80. The van der Waals surface area contributed by atoms with Crippen LogP contribution in [-0.2, 0) is 6.61 Å². The molecule has 3 aromatic rings. The van der Waals surface area contributed by atoms with Crippen LogP contribution < -0.4 is 4.74 Å². The predicted octanol–water partition coefficient (Wildman–Crippen LogP) is 4.81. The minimum atomic E-state index is 0.324. The maximum absolute atomic E-state index is 9.35. The van der Waals surface area contributed by atoms with Crippen LogP contribution in [0.1, 0.15) is 11.1 Å². The number of benzene rings is 1. The van der Waals surface area contributed by atoms with Gasteiger partial charge in [-0.2, -0.15) is 5.26 Å². The van der Waals surface area contributed by atoms with Crippen LogP contribution in [0.5, 0.6) is 5.75 Å². The molecule has 0 spiro atoms. The molecule has 21 heavy (non-hydrogen) atoms. The Morgan fingerprint density at radius 1 is 1.29 bits per heavy atom. The number of halogens is 2. The molecule has 0 aliphatic heterocycles. The van der Waals surface area contributed by atoms with Gasteiger partial charge in [-0.1, -0.05) is 17.7 Å². The Labute approximate surface area is 135 Å². The van der Waals surface area contributed by atoms with Gasteiger partial charge in [0.05, 0.1) is 15.6 Å². The van der Waals surface area contributed by atoms with Gasteiger partial charge in [0.25, 0.3) is 0 Å². The lowest BCUT2D eigenvalue weighted by Crippen LogP contribution is -1.96. The number of aromatic nitrogens is 1. The van der Waals surface area contributed by atoms with Crippen molar-refractivity contribution in [2.75, 3.05) is 0 Å². The van der Waals surface area contributed by atoms with Gasteiger partial charge >= 0.3 is 0 Å². The summed E-state index contributed by atoms with van der Waals surface area (Å²) in [6, 6.07) is 13.3. The number of nitriles is 1. The van der Waals surface area contributed by atoms with Crippen molar-refractivity contribution in [2.24, 2.45) is 0 Å². The van der Waals surface area contributed by atoms with Gasteiger partial charge in [0, 0.05) is 23.0 Å². The van der Waals surface area contributed by atoms with Gasteiger partial charge in [-0.05, 0) is 46.3 Å². The van der Waals surface area contributed by atoms with Crippen molar-refractivity contribution in [3.63, 3.8) is 0 Å². The Morgan fingerprint density at radius 2 is 2.14 bits per heavy atom. The fourth-order valence-electron chi connectivity index (χ4n) is 2.16. The highest BCUT2D eigenvalue weighted by Crippen LogP contribution is 2.29. The van der Waals surface area contributed by atoms with Crippen LogP contribution in [0.25, 0.3) is 5.52 Å². The van der Waals surface area contributed by atoms with E-state index in [2.05, 4.69) is 22.0 Å². The number of ether oxygens (including phenoxy) is 1.